The van der Waals surface area contributed by atoms with Gasteiger partial charge in [0.25, 0.3) is 0 Å². The van der Waals surface area contributed by atoms with Crippen molar-refractivity contribution in [3.63, 3.8) is 0 Å². The first-order chi connectivity index (χ1) is 41.0. The first kappa shape index (κ1) is 109. The van der Waals surface area contributed by atoms with Gasteiger partial charge in [0.2, 0.25) is 62.4 Å². The summed E-state index contributed by atoms with van der Waals surface area (Å²) in [6, 6.07) is -1.68. The van der Waals surface area contributed by atoms with Crippen LogP contribution >= 0.6 is 0 Å². The molecule has 0 spiro atoms. The Balaban J connectivity index is -0.00000541. The molecule has 522 valence electrons. The monoisotopic (exact) mass is 1610 g/mol. The second-order valence-electron chi connectivity index (χ2n) is 18.5. The van der Waals surface area contributed by atoms with Crippen LogP contribution in [0.2, 0.25) is 0 Å². The first-order valence-corrected chi connectivity index (χ1v) is 32.2. The minimum Gasteiger partial charge on any atom is -0.726 e. The van der Waals surface area contributed by atoms with Crippen LogP contribution in [0, 0.1) is 0 Å². The van der Waals surface area contributed by atoms with Crippen molar-refractivity contribution in [3.8, 4) is 0 Å². The Morgan fingerprint density at radius 1 is 0.340 bits per heavy atom. The molecule has 0 aromatic heterocycles. The van der Waals surface area contributed by atoms with Gasteiger partial charge in [0, 0.05) is 49.8 Å². The number of nitrogens with two attached hydrogens (primary N) is 1. The predicted molar refractivity (Wildman–Crippen MR) is 249 cm³/mol. The Morgan fingerprint density at radius 3 is 0.928 bits per heavy atom. The Hall–Kier alpha value is 5.44. The first-order valence-electron chi connectivity index (χ1n) is 24.2. The number of carbonyl (C=O) groups excluding carboxylic acids is 2. The van der Waals surface area contributed by atoms with Crippen LogP contribution in [0.3, 0.4) is 0 Å². The van der Waals surface area contributed by atoms with E-state index in [9.17, 15) is 103 Å². The van der Waals surface area contributed by atoms with E-state index in [0.29, 0.717) is 0 Å². The van der Waals surface area contributed by atoms with E-state index in [1.165, 1.54) is 0 Å². The molecule has 0 radical (unpaired) electrons. The van der Waals surface area contributed by atoms with Crippen LogP contribution in [-0.2, 0) is 173 Å². The van der Waals surface area contributed by atoms with Crippen LogP contribution < -0.4 is 252 Å². The van der Waals surface area contributed by atoms with Crippen molar-refractivity contribution < 1.29 is 440 Å². The second-order valence-corrected chi connectivity index (χ2v) is 24.7. The van der Waals surface area contributed by atoms with E-state index in [2.05, 4.69) is 25.1 Å². The molecule has 5 saturated heterocycles. The normalized spacial score (nSPS) is 35.7. The van der Waals surface area contributed by atoms with E-state index in [1.807, 2.05) is 0 Å². The van der Waals surface area contributed by atoms with Crippen LogP contribution in [0.25, 0.3) is 0 Å². The van der Waals surface area contributed by atoms with Gasteiger partial charge >= 0.3 is 236 Å². The van der Waals surface area contributed by atoms with Gasteiger partial charge in [-0.25, -0.2) is 50.5 Å². The van der Waals surface area contributed by atoms with Crippen molar-refractivity contribution in [2.45, 2.75) is 153 Å². The molecule has 5 aliphatic rings. The zero-order chi connectivity index (χ0) is 67.3. The number of hydrogen-bond acceptors (Lipinski definition) is 46. The van der Waals surface area contributed by atoms with Crippen LogP contribution in [0.5, 0.6) is 0 Å². The summed E-state index contributed by atoms with van der Waals surface area (Å²) in [5.74, 6) is -4.75. The summed E-state index contributed by atoms with van der Waals surface area (Å²) in [7, 11) is -29.9. The molecule has 25 atom stereocenters. The Morgan fingerprint density at radius 2 is 0.608 bits per heavy atom. The van der Waals surface area contributed by atoms with E-state index in [1.54, 1.807) is 0 Å². The van der Waals surface area contributed by atoms with Crippen molar-refractivity contribution in [2.75, 3.05) is 69.6 Å². The number of aliphatic carboxylic acids is 2. The zero-order valence-corrected chi connectivity index (χ0v) is 74.9. The molecule has 5 fully saturated rings. The van der Waals surface area contributed by atoms with E-state index in [-0.39, 0.29) is 236 Å². The molecule has 0 aromatic rings. The third-order valence-electron chi connectivity index (χ3n) is 13.2. The van der Waals surface area contributed by atoms with Gasteiger partial charge in [0.1, 0.15) is 104 Å². The van der Waals surface area contributed by atoms with Crippen molar-refractivity contribution in [2.24, 2.45) is 5.73 Å². The summed E-state index contributed by atoms with van der Waals surface area (Å²) in [6.07, 6.45) is -56.8. The van der Waals surface area contributed by atoms with Crippen molar-refractivity contribution in [1.29, 1.82) is 0 Å². The Kier molecular flexibility index (Phi) is 52.8. The maximum Gasteiger partial charge on any atom is 1.00 e. The summed E-state index contributed by atoms with van der Waals surface area (Å²) in [6.45, 7) is -4.44. The van der Waals surface area contributed by atoms with Gasteiger partial charge in [0.05, 0.1) is 37.8 Å². The van der Waals surface area contributed by atoms with Crippen LogP contribution in [0.15, 0.2) is 0 Å². The molecule has 5 aliphatic heterocycles. The summed E-state index contributed by atoms with van der Waals surface area (Å²) >= 11 is 0. The van der Waals surface area contributed by atoms with Crippen molar-refractivity contribution in [1.82, 2.24) is 0 Å². The molecule has 5 rings (SSSR count). The number of ether oxygens (including phenoxy) is 16. The van der Waals surface area contributed by atoms with Gasteiger partial charge in [-0.2, -0.15) is 0 Å². The maximum absolute atomic E-state index is 13.1. The number of carboxylic acids is 2. The van der Waals surface area contributed by atoms with E-state index < -0.39 is 248 Å². The summed E-state index contributed by atoms with van der Waals surface area (Å²) < 4.78 is 330. The molecule has 97 heavy (non-hydrogen) atoms. The average molecular weight is 1610 g/mol. The zero-order valence-electron chi connectivity index (χ0n) is 54.0. The molecular weight excluding hydrogens is 1550 g/mol. The van der Waals surface area contributed by atoms with E-state index >= 15 is 0 Å². The minimum atomic E-state index is -6.45. The molecule has 0 bridgehead atoms. The Labute approximate surface area is 732 Å². The van der Waals surface area contributed by atoms with Gasteiger partial charge in [0.15, 0.2) is 43.7 Å². The molecule has 0 saturated carbocycles. The van der Waals surface area contributed by atoms with Gasteiger partial charge in [-0.05, 0) is 0 Å². The number of carboxylic acid groups (broad SMARTS) is 2. The molecule has 3 N–H and O–H groups in total. The fourth-order valence-electron chi connectivity index (χ4n) is 9.76. The van der Waals surface area contributed by atoms with E-state index in [4.69, 9.17) is 81.5 Å². The predicted octanol–water partition coefficient (Wildman–Crippen LogP) is -36.9. The number of rotatable bonds is 32. The van der Waals surface area contributed by atoms with Gasteiger partial charge in [-0.1, -0.05) is 0 Å². The standard InChI is InChI=1S/C37H63NO45S6.8Na/c1-62-18-14(38)33(72-11(15(18)39)8-69-84(44,45)46)77-22-20(64-3)27(66-5)36(79-25(22)31(40)41)76-17-13(10-71-86(50,51)52)74-37(30(83-89(59,60)61)24(17)81-87(53,54)55)78-23-21(65-4)28(67-6)35(80-26(23)32(42)43)75-16-12(9-70-85(47,48)49)73-34(68-7)29(19(16)63-2)82-88(56,57)58;;;;;;;;/h11-30,33-37,39H,8-10,38H2,1-7H3,(H,40,41)(H,42,43)(H,44,45,46)(H,47,48,49)(H,50,51,52)(H,53,54,55)(H,56,57,58)(H,59,60,61);;;;;;;;/q;8*+1/p-8/t11-,12-,13-,14-,15-,16-,17-,18-,19+,20+,21+,22+,23+,24+,25+,26+,27-,28-,29-,30-,33-,34+,35+,36+,37-;;;;;;;;/m1......../s1. The molecule has 60 heteroatoms. The van der Waals surface area contributed by atoms with Gasteiger partial charge in [-0.15, -0.1) is 0 Å². The number of aliphatic hydroxyl groups is 1. The Bertz CT molecular complexity index is 3090. The summed E-state index contributed by atoms with van der Waals surface area (Å²) in [4.78, 5) is 26.1. The van der Waals surface area contributed by atoms with Gasteiger partial charge < -0.3 is 134 Å². The number of aliphatic hydroxyl groups excluding tert-OH is 1. The third kappa shape index (κ3) is 32.2. The maximum atomic E-state index is 13.1. The number of methoxy groups -OCH3 is 7. The largest absolute Gasteiger partial charge is 1.00 e. The SMILES string of the molecule is CO[C@H]1O[C@H](COS(=O)(=O)[O-])[C@@H](O[C@H]2O[C@H](C(=O)[O-])[C@@H](O[C@H]3O[C@H](COS(=O)(=O)[O-])[C@@H](O[C@H]4O[C@H](C(=O)[O-])[C@@H](O[C@H]5O[C@H](COS(=O)(=O)[O-])[C@@H](O)[C@H](OC)[C@H]5N)[C@H](OC)[C@H]4OC)[C@H](OS(=O)(=O)[O-])[C@H]3OS(=O)(=O)[O-])[C@H](OC)[C@H]2OC)[C@H](OC)[C@H]1OS(=O)(=O)[O-].[Na+].[Na+].[Na+].[Na+].[Na+].[Na+].[Na+].[Na+]. The topological polar surface area (TPSA) is 673 Å². The smallest absolute Gasteiger partial charge is 0.726 e. The van der Waals surface area contributed by atoms with E-state index in [0.717, 1.165) is 49.8 Å². The minimum absolute atomic E-state index is 0. The van der Waals surface area contributed by atoms with Gasteiger partial charge in [-0.3, -0.25) is 25.1 Å². The van der Waals surface area contributed by atoms with Crippen LogP contribution in [0.1, 0.15) is 0 Å². The average Bonchev–Trinajstić information content (AvgIpc) is 0.770. The van der Waals surface area contributed by atoms with Crippen LogP contribution in [0.4, 0.5) is 0 Å². The molecule has 0 amide bonds. The molecular formula is C37H55NNa8O45S6. The number of hydrogen-bond donors (Lipinski definition) is 2. The second kappa shape index (κ2) is 47.1. The molecule has 0 aliphatic carbocycles. The summed E-state index contributed by atoms with van der Waals surface area (Å²) in [5, 5.41) is 36.8. The third-order valence-corrected chi connectivity index (χ3v) is 15.9. The molecule has 5 heterocycles. The quantitative estimate of drug-likeness (QED) is 0.0359. The number of carbonyl (C=O) groups is 2. The van der Waals surface area contributed by atoms with Crippen molar-refractivity contribution >= 4 is 74.3 Å². The molecule has 46 nitrogen and oxygen atoms in total. The summed E-state index contributed by atoms with van der Waals surface area (Å²) in [5.41, 5.74) is 6.19. The fraction of sp³-hybridized carbons (Fsp3) is 0.946. The molecule has 0 aromatic carbocycles. The fourth-order valence-corrected chi connectivity index (χ4v) is 12.1. The molecule has 0 unspecified atom stereocenters. The van der Waals surface area contributed by atoms with Crippen molar-refractivity contribution in [3.05, 3.63) is 0 Å². The van der Waals surface area contributed by atoms with Crippen LogP contribution in [-0.4, -0.2) is 318 Å².